The predicted molar refractivity (Wildman–Crippen MR) is 235 cm³/mol. The van der Waals surface area contributed by atoms with Gasteiger partial charge in [-0.05, 0) is 136 Å². The van der Waals surface area contributed by atoms with Crippen LogP contribution in [0.1, 0.15) is 138 Å². The summed E-state index contributed by atoms with van der Waals surface area (Å²) in [4.78, 5) is 56.0. The minimum Gasteiger partial charge on any atom is -0.460 e. The Bertz CT molecular complexity index is 2000. The first-order chi connectivity index (χ1) is 28.5. The van der Waals surface area contributed by atoms with Crippen molar-refractivity contribution >= 4 is 23.8 Å². The Kier molecular flexibility index (Phi) is 12.0. The van der Waals surface area contributed by atoms with Gasteiger partial charge in [0.05, 0.1) is 18.6 Å². The van der Waals surface area contributed by atoms with Crippen molar-refractivity contribution in [3.05, 3.63) is 83.4 Å². The molecule has 4 fully saturated rings. The Labute approximate surface area is 364 Å². The normalized spacial score (nSPS) is 35.8. The number of nitrogens with one attached hydrogen (secondary N) is 1. The summed E-state index contributed by atoms with van der Waals surface area (Å²) in [7, 11) is 0. The first kappa shape index (κ1) is 45.1. The molecule has 0 heterocycles. The molecule has 0 aliphatic heterocycles. The van der Waals surface area contributed by atoms with E-state index >= 15 is 4.79 Å². The van der Waals surface area contributed by atoms with Crippen LogP contribution in [-0.4, -0.2) is 48.2 Å². The molecule has 7 rings (SSSR count). The first-order valence-electron chi connectivity index (χ1n) is 22.8. The summed E-state index contributed by atoms with van der Waals surface area (Å²) in [6.45, 7) is 21.8. The largest absolute Gasteiger partial charge is 0.460 e. The molecule has 0 unspecified atom stereocenters. The third-order valence-corrected chi connectivity index (χ3v) is 16.8. The summed E-state index contributed by atoms with van der Waals surface area (Å²) in [5.74, 6) is -0.432. The smallest absolute Gasteiger partial charge is 0.408 e. The SMILES string of the molecule is CC(C)(C)OC(=O)N[C@@H](COCc1ccccc1)C(=O)O[C@H]1CC[C@]2(C)[C@H]3C(=O)C=C4[C@@H]5C[C@@](C)(C(=O)OCc6ccccc6)CC[C@]5(C)CC[C@@]4(C)[C@]3(C)CC[C@H]2C1(C)C. The number of ketones is 1. The second kappa shape index (κ2) is 16.3. The van der Waals surface area contributed by atoms with Crippen molar-refractivity contribution in [2.24, 2.45) is 50.2 Å². The van der Waals surface area contributed by atoms with E-state index in [1.54, 1.807) is 20.8 Å². The number of alkyl carbamates (subject to hydrolysis) is 1. The first-order valence-corrected chi connectivity index (χ1v) is 22.8. The molecule has 2 aromatic carbocycles. The Morgan fingerprint density at radius 1 is 0.787 bits per heavy atom. The minimum atomic E-state index is -1.06. The number of esters is 2. The number of ether oxygens (including phenoxy) is 4. The Hall–Kier alpha value is -3.98. The van der Waals surface area contributed by atoms with Crippen molar-refractivity contribution in [2.75, 3.05) is 6.61 Å². The lowest BCUT2D eigenvalue weighted by atomic mass is 9.33. The van der Waals surface area contributed by atoms with Gasteiger partial charge >= 0.3 is 18.0 Å². The van der Waals surface area contributed by atoms with Crippen LogP contribution in [0.25, 0.3) is 0 Å². The highest BCUT2D eigenvalue weighted by molar-refractivity contribution is 5.96. The Morgan fingerprint density at radius 3 is 2.05 bits per heavy atom. The maximum atomic E-state index is 15.1. The molecule has 1 amide bonds. The molecule has 332 valence electrons. The van der Waals surface area contributed by atoms with E-state index < -0.39 is 40.6 Å². The van der Waals surface area contributed by atoms with Gasteiger partial charge in [0.1, 0.15) is 18.3 Å². The molecule has 0 aromatic heterocycles. The van der Waals surface area contributed by atoms with E-state index in [2.05, 4.69) is 53.8 Å². The molecule has 0 radical (unpaired) electrons. The number of rotatable bonds is 10. The second-order valence-electron chi connectivity index (χ2n) is 22.3. The van der Waals surface area contributed by atoms with Crippen molar-refractivity contribution in [1.29, 1.82) is 0 Å². The maximum Gasteiger partial charge on any atom is 0.408 e. The third-order valence-electron chi connectivity index (χ3n) is 16.8. The van der Waals surface area contributed by atoms with Crippen molar-refractivity contribution in [3.8, 4) is 0 Å². The number of allylic oxidation sites excluding steroid dienone is 2. The van der Waals surface area contributed by atoms with E-state index in [1.165, 1.54) is 5.57 Å². The fourth-order valence-corrected chi connectivity index (χ4v) is 13.2. The van der Waals surface area contributed by atoms with Crippen molar-refractivity contribution in [3.63, 3.8) is 0 Å². The molecule has 9 heteroatoms. The Balaban J connectivity index is 1.10. The molecule has 5 aliphatic carbocycles. The highest BCUT2D eigenvalue weighted by Gasteiger charge is 2.70. The van der Waals surface area contributed by atoms with Gasteiger partial charge in [-0.15, -0.1) is 0 Å². The highest BCUT2D eigenvalue weighted by atomic mass is 16.6. The number of benzene rings is 2. The van der Waals surface area contributed by atoms with Crippen LogP contribution >= 0.6 is 0 Å². The molecular formula is C52H71NO8. The lowest BCUT2D eigenvalue weighted by Crippen LogP contribution is -2.67. The summed E-state index contributed by atoms with van der Waals surface area (Å²) >= 11 is 0. The average molecular weight is 838 g/mol. The predicted octanol–water partition coefficient (Wildman–Crippen LogP) is 10.7. The molecule has 1 N–H and O–H groups in total. The monoisotopic (exact) mass is 838 g/mol. The fourth-order valence-electron chi connectivity index (χ4n) is 13.2. The van der Waals surface area contributed by atoms with E-state index in [4.69, 9.17) is 18.9 Å². The molecule has 0 bridgehead atoms. The lowest BCUT2D eigenvalue weighted by molar-refractivity contribution is -0.212. The van der Waals surface area contributed by atoms with Crippen LogP contribution in [0.3, 0.4) is 0 Å². The van der Waals surface area contributed by atoms with Crippen LogP contribution in [0.2, 0.25) is 0 Å². The van der Waals surface area contributed by atoms with Gasteiger partial charge in [0.15, 0.2) is 11.8 Å². The fraction of sp³-hybridized carbons (Fsp3) is 0.654. The van der Waals surface area contributed by atoms with Gasteiger partial charge in [0, 0.05) is 11.3 Å². The van der Waals surface area contributed by atoms with Crippen LogP contribution in [0, 0.1) is 50.2 Å². The zero-order valence-corrected chi connectivity index (χ0v) is 38.5. The molecule has 9 nitrogen and oxygen atoms in total. The van der Waals surface area contributed by atoms with Crippen molar-refractivity contribution < 1.29 is 38.1 Å². The molecule has 4 saturated carbocycles. The van der Waals surface area contributed by atoms with E-state index in [0.29, 0.717) is 12.8 Å². The van der Waals surface area contributed by atoms with Gasteiger partial charge in [-0.1, -0.05) is 108 Å². The number of hydrogen-bond acceptors (Lipinski definition) is 8. The average Bonchev–Trinajstić information content (AvgIpc) is 3.19. The van der Waals surface area contributed by atoms with Crippen LogP contribution in [0.15, 0.2) is 72.3 Å². The topological polar surface area (TPSA) is 117 Å². The van der Waals surface area contributed by atoms with Crippen LogP contribution < -0.4 is 5.32 Å². The van der Waals surface area contributed by atoms with E-state index in [9.17, 15) is 14.4 Å². The van der Waals surface area contributed by atoms with Gasteiger partial charge in [-0.3, -0.25) is 9.59 Å². The summed E-state index contributed by atoms with van der Waals surface area (Å²) in [6, 6.07) is 18.5. The number of fused-ring (bicyclic) bond motifs is 7. The van der Waals surface area contributed by atoms with Gasteiger partial charge in [0.25, 0.3) is 0 Å². The quantitative estimate of drug-likeness (QED) is 0.186. The molecule has 10 atom stereocenters. The minimum absolute atomic E-state index is 0.0157. The number of hydrogen-bond donors (Lipinski definition) is 1. The zero-order chi connectivity index (χ0) is 44.2. The van der Waals surface area contributed by atoms with Crippen molar-refractivity contribution in [1.82, 2.24) is 5.32 Å². The number of amides is 1. The molecule has 0 spiro atoms. The lowest BCUT2D eigenvalue weighted by Gasteiger charge is -2.70. The van der Waals surface area contributed by atoms with Crippen molar-refractivity contribution in [2.45, 2.75) is 158 Å². The third kappa shape index (κ3) is 8.34. The second-order valence-corrected chi connectivity index (χ2v) is 22.3. The standard InChI is InChI=1S/C52H71NO8/c1-46(2,3)61-45(57)53-38(33-58-31-34-17-13-11-14-18-34)43(55)60-41-22-23-50(8)40(47(41,4)5)21-24-52(10)42(50)39(54)29-36-37-30-49(7,26-25-48(37,6)27-28-51(36,52)9)44(56)59-32-35-19-15-12-16-20-35/h11-20,29,37-38,40-42H,21-28,30-33H2,1-10H3,(H,53,57)/t37-,38-,40-,41-,42+,48+,49-,50-,51+,52+/m0/s1. The molecule has 61 heavy (non-hydrogen) atoms. The van der Waals surface area contributed by atoms with Gasteiger partial charge in [-0.25, -0.2) is 9.59 Å². The molecule has 0 saturated heterocycles. The van der Waals surface area contributed by atoms with E-state index in [0.717, 1.165) is 56.1 Å². The summed E-state index contributed by atoms with van der Waals surface area (Å²) in [5.41, 5.74) is 0.578. The highest BCUT2D eigenvalue weighted by Crippen LogP contribution is 2.75. The van der Waals surface area contributed by atoms with Gasteiger partial charge < -0.3 is 24.3 Å². The van der Waals surface area contributed by atoms with Crippen LogP contribution in [-0.2, 0) is 46.5 Å². The maximum absolute atomic E-state index is 15.1. The number of carbonyl (C=O) groups is 4. The molecule has 2 aromatic rings. The molecule has 5 aliphatic rings. The number of carbonyl (C=O) groups excluding carboxylic acids is 4. The van der Waals surface area contributed by atoms with Crippen LogP contribution in [0.5, 0.6) is 0 Å². The zero-order valence-electron chi connectivity index (χ0n) is 38.5. The summed E-state index contributed by atoms with van der Waals surface area (Å²) < 4.78 is 23.9. The van der Waals surface area contributed by atoms with E-state index in [-0.39, 0.29) is 71.0 Å². The van der Waals surface area contributed by atoms with Gasteiger partial charge in [0.2, 0.25) is 0 Å². The van der Waals surface area contributed by atoms with E-state index in [1.807, 2.05) is 66.7 Å². The van der Waals surface area contributed by atoms with Gasteiger partial charge in [-0.2, -0.15) is 0 Å². The van der Waals surface area contributed by atoms with Crippen LogP contribution in [0.4, 0.5) is 4.79 Å². The Morgan fingerprint density at radius 2 is 1.41 bits per heavy atom. The summed E-state index contributed by atoms with van der Waals surface area (Å²) in [5, 5.41) is 2.73. The summed E-state index contributed by atoms with van der Waals surface area (Å²) in [6.07, 6.45) is 8.54. The molecular weight excluding hydrogens is 767 g/mol.